The molecule has 0 radical (unpaired) electrons. The molecule has 6 rings (SSSR count). The molecule has 2 aromatic carbocycles. The number of fused-ring (bicyclic) bond motifs is 1. The van der Waals surface area contributed by atoms with Crippen molar-refractivity contribution in [2.24, 2.45) is 0 Å². The molecular weight excluding hydrogens is 593 g/mol. The molecule has 8 nitrogen and oxygen atoms in total. The third-order valence-electron chi connectivity index (χ3n) is 10.0. The van der Waals surface area contributed by atoms with E-state index in [-0.39, 0.29) is 23.8 Å². The number of benzene rings is 2. The van der Waals surface area contributed by atoms with Crippen LogP contribution in [0.4, 0.5) is 30.5 Å². The number of piperazine rings is 1. The van der Waals surface area contributed by atoms with Crippen molar-refractivity contribution in [3.8, 4) is 5.75 Å². The molecule has 3 aromatic rings. The van der Waals surface area contributed by atoms with Gasteiger partial charge in [-0.1, -0.05) is 18.2 Å². The number of ketones is 1. The predicted octanol–water partition coefficient (Wildman–Crippen LogP) is 5.65. The summed E-state index contributed by atoms with van der Waals surface area (Å²) in [6.45, 7) is 9.93. The normalized spacial score (nSPS) is 19.4. The minimum absolute atomic E-state index is 0.0480. The summed E-state index contributed by atoms with van der Waals surface area (Å²) in [5.41, 5.74) is 2.74. The van der Waals surface area contributed by atoms with Crippen LogP contribution in [0.25, 0.3) is 0 Å². The highest BCUT2D eigenvalue weighted by molar-refractivity contribution is 5.96. The van der Waals surface area contributed by atoms with Crippen molar-refractivity contribution in [1.29, 1.82) is 0 Å². The van der Waals surface area contributed by atoms with E-state index in [1.54, 1.807) is 7.11 Å². The molecule has 0 unspecified atom stereocenters. The smallest absolute Gasteiger partial charge is 0.419 e. The average Bonchev–Trinajstić information content (AvgIpc) is 3.28. The van der Waals surface area contributed by atoms with Gasteiger partial charge in [-0.05, 0) is 88.5 Å². The number of nitrogens with zero attached hydrogens (tertiary/aromatic N) is 5. The second-order valence-electron chi connectivity index (χ2n) is 13.3. The summed E-state index contributed by atoms with van der Waals surface area (Å²) >= 11 is 0. The van der Waals surface area contributed by atoms with E-state index in [0.717, 1.165) is 67.8 Å². The number of aryl methyl sites for hydroxylation is 2. The van der Waals surface area contributed by atoms with Crippen molar-refractivity contribution in [3.05, 3.63) is 70.5 Å². The van der Waals surface area contributed by atoms with Gasteiger partial charge in [0.1, 0.15) is 11.5 Å². The number of methoxy groups -OCH3 is 1. The van der Waals surface area contributed by atoms with Gasteiger partial charge < -0.3 is 19.9 Å². The first kappa shape index (κ1) is 32.2. The number of aromatic nitrogens is 2. The quantitative estimate of drug-likeness (QED) is 0.340. The first-order chi connectivity index (χ1) is 21.9. The molecule has 0 atom stereocenters. The zero-order valence-corrected chi connectivity index (χ0v) is 27.1. The highest BCUT2D eigenvalue weighted by Crippen LogP contribution is 2.39. The molecule has 0 spiro atoms. The lowest BCUT2D eigenvalue weighted by Crippen LogP contribution is -2.53. The second-order valence-corrected chi connectivity index (χ2v) is 13.3. The highest BCUT2D eigenvalue weighted by Gasteiger charge is 2.40. The minimum atomic E-state index is -4.60. The molecule has 3 heterocycles. The number of carbonyl (C=O) groups excluding carboxylic acids is 1. The molecule has 2 fully saturated rings. The van der Waals surface area contributed by atoms with Crippen LogP contribution in [0.15, 0.2) is 42.6 Å². The van der Waals surface area contributed by atoms with Gasteiger partial charge in [-0.3, -0.25) is 9.69 Å². The van der Waals surface area contributed by atoms with Gasteiger partial charge in [0.25, 0.3) is 0 Å². The van der Waals surface area contributed by atoms with E-state index in [1.807, 2.05) is 50.2 Å². The Hall–Kier alpha value is -3.70. The third-order valence-corrected chi connectivity index (χ3v) is 10.0. The Balaban J connectivity index is 1.17. The fourth-order valence-corrected chi connectivity index (χ4v) is 7.31. The summed E-state index contributed by atoms with van der Waals surface area (Å²) in [6, 6.07) is 12.2. The van der Waals surface area contributed by atoms with Gasteiger partial charge in [0.15, 0.2) is 0 Å². The topological polar surface area (TPSA) is 73.8 Å². The van der Waals surface area contributed by atoms with Crippen LogP contribution in [-0.2, 0) is 35.6 Å². The average molecular weight is 637 g/mol. The zero-order chi connectivity index (χ0) is 32.6. The van der Waals surface area contributed by atoms with Crippen molar-refractivity contribution in [3.63, 3.8) is 0 Å². The molecule has 0 bridgehead atoms. The number of halogens is 3. The summed E-state index contributed by atoms with van der Waals surface area (Å²) in [7, 11) is 3.76. The van der Waals surface area contributed by atoms with Crippen molar-refractivity contribution in [1.82, 2.24) is 19.8 Å². The fraction of sp³-hybridized carbons (Fsp3) is 0.514. The van der Waals surface area contributed by atoms with Gasteiger partial charge >= 0.3 is 6.18 Å². The Bertz CT molecular complexity index is 1580. The Morgan fingerprint density at radius 2 is 1.76 bits per heavy atom. The predicted molar refractivity (Wildman–Crippen MR) is 173 cm³/mol. The molecule has 11 heteroatoms. The number of Topliss-reactive ketones (excluding diaryl/α,β-unsaturated/α-hetero) is 1. The molecule has 1 aromatic heterocycles. The number of hydrogen-bond acceptors (Lipinski definition) is 8. The lowest BCUT2D eigenvalue weighted by molar-refractivity contribution is -0.138. The van der Waals surface area contributed by atoms with E-state index < -0.39 is 17.2 Å². The second kappa shape index (κ2) is 12.8. The number of alkyl halides is 3. The zero-order valence-electron chi connectivity index (χ0n) is 27.1. The first-order valence-corrected chi connectivity index (χ1v) is 16.1. The van der Waals surface area contributed by atoms with Gasteiger partial charge in [-0.15, -0.1) is 0 Å². The molecule has 2 aliphatic heterocycles. The van der Waals surface area contributed by atoms with Crippen molar-refractivity contribution in [2.75, 3.05) is 63.6 Å². The highest BCUT2D eigenvalue weighted by atomic mass is 19.4. The molecule has 1 aliphatic carbocycles. The van der Waals surface area contributed by atoms with Crippen LogP contribution >= 0.6 is 0 Å². The molecule has 0 saturated carbocycles. The van der Waals surface area contributed by atoms with Crippen LogP contribution in [0.3, 0.4) is 0 Å². The number of likely N-dealkylation sites (tertiary alicyclic amines) is 1. The van der Waals surface area contributed by atoms with Crippen molar-refractivity contribution < 1.29 is 22.7 Å². The monoisotopic (exact) mass is 636 g/mol. The summed E-state index contributed by atoms with van der Waals surface area (Å²) in [5, 5.41) is 3.10. The van der Waals surface area contributed by atoms with Crippen molar-refractivity contribution >= 4 is 23.1 Å². The standard InChI is InChI=1S/C35H43F3N6O2/c1-34(2)31(45)20-24-7-5-6-23(32(24)34)8-10-28-27(35(36,37)38)22-39-33(40-28)41-29-11-9-26(21-30(29)46-4)44-18-16-43(17-19-44)25-12-14-42(3)15-13-25/h5-7,9,11,21-22,25H,8,10,12-20H2,1-4H3,(H,39,40,41). The number of rotatable bonds is 8. The Labute approximate surface area is 269 Å². The lowest BCUT2D eigenvalue weighted by Gasteiger charge is -2.43. The Morgan fingerprint density at radius 1 is 1.02 bits per heavy atom. The van der Waals surface area contributed by atoms with Gasteiger partial charge in [-0.25, -0.2) is 9.97 Å². The van der Waals surface area contributed by atoms with Crippen LogP contribution in [0.2, 0.25) is 0 Å². The summed E-state index contributed by atoms with van der Waals surface area (Å²) in [6.07, 6.45) is -0.607. The molecule has 2 saturated heterocycles. The number of anilines is 3. The van der Waals surface area contributed by atoms with Crippen molar-refractivity contribution in [2.45, 2.75) is 63.6 Å². The van der Waals surface area contributed by atoms with E-state index in [4.69, 9.17) is 4.74 Å². The van der Waals surface area contributed by atoms with Crippen LogP contribution in [-0.4, -0.2) is 85.0 Å². The Kier molecular flexibility index (Phi) is 9.00. The molecule has 1 N–H and O–H groups in total. The van der Waals surface area contributed by atoms with Crippen LogP contribution in [0.1, 0.15) is 54.6 Å². The maximum Gasteiger partial charge on any atom is 0.419 e. The van der Waals surface area contributed by atoms with Crippen LogP contribution in [0.5, 0.6) is 5.75 Å². The fourth-order valence-electron chi connectivity index (χ4n) is 7.31. The molecule has 3 aliphatic rings. The number of nitrogens with one attached hydrogen (secondary N) is 1. The minimum Gasteiger partial charge on any atom is -0.494 e. The number of carbonyl (C=O) groups is 1. The van der Waals surface area contributed by atoms with Gasteiger partial charge in [-0.2, -0.15) is 13.2 Å². The summed E-state index contributed by atoms with van der Waals surface area (Å²) < 4.78 is 47.8. The molecule has 46 heavy (non-hydrogen) atoms. The summed E-state index contributed by atoms with van der Waals surface area (Å²) in [4.78, 5) is 28.4. The maximum atomic E-state index is 14.0. The van der Waals surface area contributed by atoms with E-state index in [2.05, 4.69) is 37.0 Å². The molecule has 0 amide bonds. The van der Waals surface area contributed by atoms with Gasteiger partial charge in [0, 0.05) is 62.0 Å². The lowest BCUT2D eigenvalue weighted by atomic mass is 9.81. The van der Waals surface area contributed by atoms with E-state index in [1.165, 1.54) is 12.8 Å². The van der Waals surface area contributed by atoms with Gasteiger partial charge in [0.05, 0.1) is 24.1 Å². The molecular formula is C35H43F3N6O2. The van der Waals surface area contributed by atoms with E-state index in [9.17, 15) is 18.0 Å². The SMILES string of the molecule is COc1cc(N2CCN(C3CCN(C)CC3)CC2)ccc1Nc1ncc(C(F)(F)F)c(CCc2cccc3c2C(C)(C)C(=O)C3)n1. The largest absolute Gasteiger partial charge is 0.494 e. The first-order valence-electron chi connectivity index (χ1n) is 16.1. The third kappa shape index (κ3) is 6.57. The maximum absolute atomic E-state index is 14.0. The number of piperidine rings is 1. The van der Waals surface area contributed by atoms with E-state index in [0.29, 0.717) is 30.3 Å². The van der Waals surface area contributed by atoms with Crippen LogP contribution in [0, 0.1) is 0 Å². The van der Waals surface area contributed by atoms with Crippen LogP contribution < -0.4 is 15.0 Å². The molecule has 246 valence electrons. The van der Waals surface area contributed by atoms with Gasteiger partial charge in [0.2, 0.25) is 5.95 Å². The van der Waals surface area contributed by atoms with E-state index >= 15 is 0 Å². The number of ether oxygens (including phenoxy) is 1. The Morgan fingerprint density at radius 3 is 2.46 bits per heavy atom. The number of hydrogen-bond donors (Lipinski definition) is 1. The summed E-state index contributed by atoms with van der Waals surface area (Å²) in [5.74, 6) is 0.746.